The summed E-state index contributed by atoms with van der Waals surface area (Å²) in [6.07, 6.45) is 0. The Kier molecular flexibility index (Phi) is 4.23. The molecule has 0 aromatic carbocycles. The molecule has 2 heteroatoms. The smallest absolute Gasteiger partial charge is 0.129 e. The molecule has 0 aromatic rings. The van der Waals surface area contributed by atoms with Crippen LogP contribution < -0.4 is 0 Å². The molecule has 0 aliphatic rings. The first-order valence-corrected chi connectivity index (χ1v) is 8.72. The van der Waals surface area contributed by atoms with E-state index in [1.807, 2.05) is 13.8 Å². The quantitative estimate of drug-likeness (QED) is 0.493. The van der Waals surface area contributed by atoms with E-state index in [-0.39, 0.29) is 5.41 Å². The van der Waals surface area contributed by atoms with Gasteiger partial charge in [0.25, 0.3) is 0 Å². The first-order chi connectivity index (χ1) is 6.41. The highest BCUT2D eigenvalue weighted by atomic mass is 28.3. The summed E-state index contributed by atoms with van der Waals surface area (Å²) in [5.41, 5.74) is 2.04. The van der Waals surface area contributed by atoms with Gasteiger partial charge < -0.3 is 5.11 Å². The van der Waals surface area contributed by atoms with E-state index in [0.717, 1.165) is 0 Å². The Hall–Kier alpha value is -0.703. The van der Waals surface area contributed by atoms with Gasteiger partial charge in [0.05, 0.1) is 5.41 Å². The van der Waals surface area contributed by atoms with Crippen LogP contribution >= 0.6 is 0 Å². The van der Waals surface area contributed by atoms with E-state index < -0.39 is 13.7 Å². The lowest BCUT2D eigenvalue weighted by atomic mass is 9.94. The van der Waals surface area contributed by atoms with Gasteiger partial charge in [0, 0.05) is 0 Å². The zero-order valence-corrected chi connectivity index (χ0v) is 11.9. The van der Waals surface area contributed by atoms with Crippen molar-refractivity contribution in [1.82, 2.24) is 0 Å². The van der Waals surface area contributed by atoms with E-state index in [0.29, 0.717) is 0 Å². The normalized spacial score (nSPS) is 12.3. The Bertz CT molecular complexity index is 297. The predicted molar refractivity (Wildman–Crippen MR) is 69.0 cm³/mol. The van der Waals surface area contributed by atoms with Crippen LogP contribution in [0.2, 0.25) is 19.6 Å². The summed E-state index contributed by atoms with van der Waals surface area (Å²) in [6, 6.07) is 0. The molecule has 0 saturated carbocycles. The van der Waals surface area contributed by atoms with Gasteiger partial charge in [-0.05, 0) is 27.7 Å². The summed E-state index contributed by atoms with van der Waals surface area (Å²) >= 11 is 0. The number of hydrogen-bond donors (Lipinski definition) is 1. The van der Waals surface area contributed by atoms with Crippen molar-refractivity contribution in [1.29, 1.82) is 0 Å². The van der Waals surface area contributed by atoms with E-state index in [4.69, 9.17) is 0 Å². The Morgan fingerprint density at radius 2 is 1.33 bits per heavy atom. The molecular formula is C13H22OSi. The lowest BCUT2D eigenvalue weighted by Gasteiger charge is -2.13. The zero-order chi connectivity index (χ0) is 12.3. The molecule has 0 radical (unpaired) electrons. The molecule has 0 rings (SSSR count). The number of aliphatic hydroxyl groups is 1. The van der Waals surface area contributed by atoms with Gasteiger partial charge in [0.15, 0.2) is 0 Å². The van der Waals surface area contributed by atoms with Crippen molar-refractivity contribution in [3.63, 3.8) is 0 Å². The van der Waals surface area contributed by atoms with Crippen molar-refractivity contribution in [2.75, 3.05) is 0 Å². The van der Waals surface area contributed by atoms with Crippen molar-refractivity contribution in [2.45, 2.75) is 52.9 Å². The molecule has 0 aliphatic carbocycles. The average Bonchev–Trinajstić information content (AvgIpc) is 1.96. The van der Waals surface area contributed by atoms with Crippen molar-refractivity contribution < 1.29 is 5.11 Å². The van der Waals surface area contributed by atoms with Crippen molar-refractivity contribution in [3.05, 3.63) is 0 Å². The summed E-state index contributed by atoms with van der Waals surface area (Å²) in [5, 5.41) is 9.50. The summed E-state index contributed by atoms with van der Waals surface area (Å²) < 4.78 is 0. The van der Waals surface area contributed by atoms with Gasteiger partial charge in [-0.3, -0.25) is 0 Å². The van der Waals surface area contributed by atoms with Gasteiger partial charge >= 0.3 is 0 Å². The monoisotopic (exact) mass is 222 g/mol. The second-order valence-electron chi connectivity index (χ2n) is 5.93. The Morgan fingerprint density at radius 1 is 0.867 bits per heavy atom. The minimum atomic E-state index is -1.33. The minimum absolute atomic E-state index is 0.333. The molecule has 0 saturated heterocycles. The maximum Gasteiger partial charge on any atom is 0.129 e. The standard InChI is InChI=1S/C13H22OSi/c1-12(2,8-9-13(3,4)14)10-11-15(5,6)7/h14H,1-7H3. The molecule has 0 heterocycles. The SMILES string of the molecule is CC(C)(O)C#CC(C)(C)C#C[Si](C)(C)C. The molecule has 0 spiro atoms. The van der Waals surface area contributed by atoms with Crippen LogP contribution in [0.3, 0.4) is 0 Å². The largest absolute Gasteiger partial charge is 0.378 e. The first-order valence-electron chi connectivity index (χ1n) is 5.22. The summed E-state index contributed by atoms with van der Waals surface area (Å²) in [7, 11) is -1.33. The highest BCUT2D eigenvalue weighted by Crippen LogP contribution is 2.13. The fourth-order valence-corrected chi connectivity index (χ4v) is 1.37. The maximum absolute atomic E-state index is 9.50. The highest BCUT2D eigenvalue weighted by Gasteiger charge is 2.15. The molecule has 0 atom stereocenters. The van der Waals surface area contributed by atoms with Gasteiger partial charge in [-0.2, -0.15) is 0 Å². The summed E-state index contributed by atoms with van der Waals surface area (Å²) in [6.45, 7) is 14.0. The zero-order valence-electron chi connectivity index (χ0n) is 10.9. The molecule has 0 aliphatic heterocycles. The van der Waals surface area contributed by atoms with E-state index in [1.54, 1.807) is 13.8 Å². The molecule has 84 valence electrons. The van der Waals surface area contributed by atoms with Crippen LogP contribution in [0.1, 0.15) is 27.7 Å². The fraction of sp³-hybridized carbons (Fsp3) is 0.692. The fourth-order valence-electron chi connectivity index (χ4n) is 0.684. The molecule has 0 amide bonds. The van der Waals surface area contributed by atoms with Crippen LogP contribution in [-0.2, 0) is 0 Å². The minimum Gasteiger partial charge on any atom is -0.378 e. The molecule has 15 heavy (non-hydrogen) atoms. The Labute approximate surface area is 95.3 Å². The first kappa shape index (κ1) is 14.3. The topological polar surface area (TPSA) is 20.2 Å². The second kappa shape index (κ2) is 4.43. The van der Waals surface area contributed by atoms with Crippen LogP contribution in [0.15, 0.2) is 0 Å². The van der Waals surface area contributed by atoms with E-state index in [9.17, 15) is 5.11 Å². The third kappa shape index (κ3) is 9.60. The lowest BCUT2D eigenvalue weighted by molar-refractivity contribution is 0.143. The van der Waals surface area contributed by atoms with Gasteiger partial charge in [0.1, 0.15) is 13.7 Å². The molecule has 0 aromatic heterocycles. The molecular weight excluding hydrogens is 200 g/mol. The molecule has 1 N–H and O–H groups in total. The molecule has 1 nitrogen and oxygen atoms in total. The lowest BCUT2D eigenvalue weighted by Crippen LogP contribution is -2.19. The maximum atomic E-state index is 9.50. The van der Waals surface area contributed by atoms with Gasteiger partial charge in [-0.1, -0.05) is 37.4 Å². The van der Waals surface area contributed by atoms with Gasteiger partial charge in [-0.25, -0.2) is 0 Å². The molecule has 0 unspecified atom stereocenters. The van der Waals surface area contributed by atoms with Gasteiger partial charge in [-0.15, -0.1) is 5.54 Å². The Morgan fingerprint density at radius 3 is 1.67 bits per heavy atom. The number of rotatable bonds is 0. The highest BCUT2D eigenvalue weighted by molar-refractivity contribution is 6.83. The van der Waals surface area contributed by atoms with E-state index in [2.05, 4.69) is 42.9 Å². The third-order valence-corrected chi connectivity index (χ3v) is 2.31. The van der Waals surface area contributed by atoms with Crippen molar-refractivity contribution in [3.8, 4) is 23.3 Å². The molecule has 0 bridgehead atoms. The van der Waals surface area contributed by atoms with Crippen molar-refractivity contribution in [2.24, 2.45) is 5.41 Å². The van der Waals surface area contributed by atoms with E-state index in [1.165, 1.54) is 0 Å². The van der Waals surface area contributed by atoms with Gasteiger partial charge in [0.2, 0.25) is 0 Å². The summed E-state index contributed by atoms with van der Waals surface area (Å²) in [4.78, 5) is 0. The predicted octanol–water partition coefficient (Wildman–Crippen LogP) is 2.67. The van der Waals surface area contributed by atoms with Crippen LogP contribution in [0.5, 0.6) is 0 Å². The Balaban J connectivity index is 4.82. The van der Waals surface area contributed by atoms with Crippen LogP contribution in [0.4, 0.5) is 0 Å². The van der Waals surface area contributed by atoms with Crippen LogP contribution in [0.25, 0.3) is 0 Å². The summed E-state index contributed by atoms with van der Waals surface area (Å²) in [5.74, 6) is 9.04. The number of hydrogen-bond acceptors (Lipinski definition) is 1. The second-order valence-corrected chi connectivity index (χ2v) is 10.7. The van der Waals surface area contributed by atoms with Crippen LogP contribution in [-0.4, -0.2) is 18.8 Å². The van der Waals surface area contributed by atoms with Crippen molar-refractivity contribution >= 4 is 8.07 Å². The van der Waals surface area contributed by atoms with E-state index >= 15 is 0 Å². The third-order valence-electron chi connectivity index (χ3n) is 1.43. The average molecular weight is 222 g/mol. The van der Waals surface area contributed by atoms with Crippen LogP contribution in [0, 0.1) is 28.7 Å². The molecule has 0 fully saturated rings.